The average Bonchev–Trinajstić information content (AvgIpc) is 3.59. The van der Waals surface area contributed by atoms with Crippen molar-refractivity contribution in [3.63, 3.8) is 0 Å². The minimum Gasteiger partial charge on any atom is -0.341 e. The van der Waals surface area contributed by atoms with Gasteiger partial charge in [0.05, 0.1) is 22.2 Å². The van der Waals surface area contributed by atoms with E-state index in [4.69, 9.17) is 11.6 Å². The molecule has 1 aliphatic carbocycles. The molecule has 0 bridgehead atoms. The molecular formula is C34H30ClF3N4O2. The SMILES string of the molecule is Cc1c(Cl)cccc1NC(=O)c1cc(NC(=O)c2ccccc2C(F)(F)F)cc2[nH]c(C3(C)CC3)nc12.Cc1ccccc1. The molecule has 6 nitrogen and oxygen atoms in total. The van der Waals surface area contributed by atoms with Crippen LogP contribution in [0.2, 0.25) is 5.02 Å². The molecule has 44 heavy (non-hydrogen) atoms. The second-order valence-corrected chi connectivity index (χ2v) is 11.5. The van der Waals surface area contributed by atoms with E-state index in [0.29, 0.717) is 33.1 Å². The first-order valence-electron chi connectivity index (χ1n) is 14.0. The van der Waals surface area contributed by atoms with Crippen LogP contribution in [0, 0.1) is 13.8 Å². The first kappa shape index (κ1) is 30.8. The quantitative estimate of drug-likeness (QED) is 0.184. The molecule has 5 aromatic rings. The molecule has 0 saturated heterocycles. The number of amides is 2. The highest BCUT2D eigenvalue weighted by Gasteiger charge is 2.42. The van der Waals surface area contributed by atoms with Gasteiger partial charge in [-0.3, -0.25) is 9.59 Å². The summed E-state index contributed by atoms with van der Waals surface area (Å²) in [6.07, 6.45) is -2.82. The van der Waals surface area contributed by atoms with E-state index in [9.17, 15) is 22.8 Å². The smallest absolute Gasteiger partial charge is 0.341 e. The van der Waals surface area contributed by atoms with Crippen molar-refractivity contribution in [3.05, 3.63) is 124 Å². The lowest BCUT2D eigenvalue weighted by molar-refractivity contribution is -0.137. The van der Waals surface area contributed by atoms with Gasteiger partial charge in [0, 0.05) is 21.8 Å². The van der Waals surface area contributed by atoms with Gasteiger partial charge < -0.3 is 15.6 Å². The van der Waals surface area contributed by atoms with Crippen LogP contribution in [0.4, 0.5) is 24.5 Å². The first-order chi connectivity index (χ1) is 20.9. The number of nitrogens with zero attached hydrogens (tertiary/aromatic N) is 1. The average molecular weight is 619 g/mol. The predicted octanol–water partition coefficient (Wildman–Crippen LogP) is 9.09. The molecule has 6 rings (SSSR count). The summed E-state index contributed by atoms with van der Waals surface area (Å²) in [7, 11) is 0. The molecule has 1 fully saturated rings. The van der Waals surface area contributed by atoms with Gasteiger partial charge >= 0.3 is 6.18 Å². The fraction of sp³-hybridized carbons (Fsp3) is 0.206. The molecule has 2 amide bonds. The van der Waals surface area contributed by atoms with E-state index >= 15 is 0 Å². The van der Waals surface area contributed by atoms with Crippen LogP contribution in [-0.4, -0.2) is 21.8 Å². The number of alkyl halides is 3. The van der Waals surface area contributed by atoms with Crippen molar-refractivity contribution in [3.8, 4) is 0 Å². The summed E-state index contributed by atoms with van der Waals surface area (Å²) in [5, 5.41) is 5.83. The number of carbonyl (C=O) groups is 2. The van der Waals surface area contributed by atoms with Crippen LogP contribution < -0.4 is 10.6 Å². The summed E-state index contributed by atoms with van der Waals surface area (Å²) in [5.74, 6) is -0.735. The van der Waals surface area contributed by atoms with Gasteiger partial charge in [-0.1, -0.05) is 72.6 Å². The number of H-pyrrole nitrogens is 1. The summed E-state index contributed by atoms with van der Waals surface area (Å²) in [5.41, 5.74) is 1.99. The number of halogens is 4. The molecule has 1 aromatic heterocycles. The van der Waals surface area contributed by atoms with Crippen molar-refractivity contribution in [2.24, 2.45) is 0 Å². The highest BCUT2D eigenvalue weighted by Crippen LogP contribution is 2.47. The minimum absolute atomic E-state index is 0.134. The maximum absolute atomic E-state index is 13.5. The molecule has 1 heterocycles. The van der Waals surface area contributed by atoms with E-state index in [2.05, 4.69) is 46.6 Å². The Balaban J connectivity index is 0.000000484. The maximum atomic E-state index is 13.5. The van der Waals surface area contributed by atoms with Gasteiger partial charge in [0.2, 0.25) is 0 Å². The largest absolute Gasteiger partial charge is 0.417 e. The molecule has 0 radical (unpaired) electrons. The van der Waals surface area contributed by atoms with Gasteiger partial charge in [0.15, 0.2) is 0 Å². The fourth-order valence-electron chi connectivity index (χ4n) is 4.67. The van der Waals surface area contributed by atoms with Crippen molar-refractivity contribution >= 4 is 45.8 Å². The van der Waals surface area contributed by atoms with Gasteiger partial charge in [-0.15, -0.1) is 0 Å². The van der Waals surface area contributed by atoms with Crippen LogP contribution in [-0.2, 0) is 11.6 Å². The summed E-state index contributed by atoms with van der Waals surface area (Å²) in [4.78, 5) is 34.2. The molecule has 1 saturated carbocycles. The maximum Gasteiger partial charge on any atom is 0.417 e. The summed E-state index contributed by atoms with van der Waals surface area (Å²) < 4.78 is 40.4. The van der Waals surface area contributed by atoms with Gasteiger partial charge in [-0.25, -0.2) is 4.98 Å². The number of carbonyl (C=O) groups excluding carboxylic acids is 2. The number of rotatable bonds is 5. The summed E-state index contributed by atoms with van der Waals surface area (Å²) in [6.45, 7) is 5.90. The Labute approximate surface area is 257 Å². The van der Waals surface area contributed by atoms with Crippen LogP contribution in [0.3, 0.4) is 0 Å². The van der Waals surface area contributed by atoms with E-state index in [1.165, 1.54) is 23.8 Å². The Bertz CT molecular complexity index is 1850. The molecule has 226 valence electrons. The lowest BCUT2D eigenvalue weighted by Crippen LogP contribution is -2.19. The third-order valence-electron chi connectivity index (χ3n) is 7.59. The highest BCUT2D eigenvalue weighted by atomic mass is 35.5. The third kappa shape index (κ3) is 6.78. The second kappa shape index (κ2) is 12.2. The Kier molecular flexibility index (Phi) is 8.52. The predicted molar refractivity (Wildman–Crippen MR) is 167 cm³/mol. The van der Waals surface area contributed by atoms with E-state index in [0.717, 1.165) is 25.0 Å². The molecule has 4 aromatic carbocycles. The van der Waals surface area contributed by atoms with Crippen LogP contribution in [0.25, 0.3) is 11.0 Å². The molecule has 0 aliphatic heterocycles. The molecule has 1 aliphatic rings. The zero-order chi connectivity index (χ0) is 31.6. The number of nitrogens with one attached hydrogen (secondary N) is 3. The Morgan fingerprint density at radius 2 is 1.52 bits per heavy atom. The summed E-state index contributed by atoms with van der Waals surface area (Å²) >= 11 is 6.19. The van der Waals surface area contributed by atoms with Crippen LogP contribution in [0.5, 0.6) is 0 Å². The Morgan fingerprint density at radius 3 is 2.16 bits per heavy atom. The van der Waals surface area contributed by atoms with Crippen molar-refractivity contribution in [1.82, 2.24) is 9.97 Å². The molecule has 0 atom stereocenters. The van der Waals surface area contributed by atoms with Crippen LogP contribution in [0.1, 0.15) is 63.0 Å². The number of anilines is 2. The van der Waals surface area contributed by atoms with E-state index in [1.54, 1.807) is 31.2 Å². The molecular weight excluding hydrogens is 589 g/mol. The number of aryl methyl sites for hydroxylation is 1. The van der Waals surface area contributed by atoms with Crippen LogP contribution in [0.15, 0.2) is 84.9 Å². The van der Waals surface area contributed by atoms with Gasteiger partial charge in [0.1, 0.15) is 11.3 Å². The third-order valence-corrected chi connectivity index (χ3v) is 8.00. The number of imidazole rings is 1. The zero-order valence-electron chi connectivity index (χ0n) is 24.3. The molecule has 0 unspecified atom stereocenters. The fourth-order valence-corrected chi connectivity index (χ4v) is 4.84. The Morgan fingerprint density at radius 1 is 0.864 bits per heavy atom. The number of benzene rings is 4. The standard InChI is InChI=1S/C27H22ClF3N4O2.C7H8/c1-14-19(28)8-5-9-20(14)33-24(37)17-12-15(13-21-22(17)35-25(34-21)26(2)10-11-26)32-23(36)16-6-3-4-7-18(16)27(29,30)31;1-7-5-3-2-4-6-7/h3-9,12-13H,10-11H2,1-2H3,(H,32,36)(H,33,37)(H,34,35);2-6H,1H3. The van der Waals surface area contributed by atoms with Crippen LogP contribution >= 0.6 is 11.6 Å². The highest BCUT2D eigenvalue weighted by molar-refractivity contribution is 6.31. The molecule has 3 N–H and O–H groups in total. The van der Waals surface area contributed by atoms with E-state index < -0.39 is 29.1 Å². The topological polar surface area (TPSA) is 86.9 Å². The van der Waals surface area contributed by atoms with E-state index in [-0.39, 0.29) is 16.7 Å². The molecule has 10 heteroatoms. The monoisotopic (exact) mass is 618 g/mol. The Hall–Kier alpha value is -4.63. The lowest BCUT2D eigenvalue weighted by Gasteiger charge is -2.14. The van der Waals surface area contributed by atoms with Crippen molar-refractivity contribution in [2.75, 3.05) is 10.6 Å². The second-order valence-electron chi connectivity index (χ2n) is 11.1. The van der Waals surface area contributed by atoms with Gasteiger partial charge in [-0.05, 0) is 68.7 Å². The van der Waals surface area contributed by atoms with Crippen molar-refractivity contribution in [2.45, 2.75) is 45.2 Å². The normalized spacial score (nSPS) is 13.5. The number of hydrogen-bond acceptors (Lipinski definition) is 3. The number of aromatic amines is 1. The zero-order valence-corrected chi connectivity index (χ0v) is 25.0. The minimum atomic E-state index is -4.70. The van der Waals surface area contributed by atoms with E-state index in [1.807, 2.05) is 18.2 Å². The number of aromatic nitrogens is 2. The number of hydrogen-bond donors (Lipinski definition) is 3. The number of fused-ring (bicyclic) bond motifs is 1. The van der Waals surface area contributed by atoms with Crippen molar-refractivity contribution < 1.29 is 22.8 Å². The van der Waals surface area contributed by atoms with Gasteiger partial charge in [-0.2, -0.15) is 13.2 Å². The summed E-state index contributed by atoms with van der Waals surface area (Å²) in [6, 6.07) is 22.9. The first-order valence-corrected chi connectivity index (χ1v) is 14.3. The lowest BCUT2D eigenvalue weighted by atomic mass is 10.1. The molecule has 0 spiro atoms. The van der Waals surface area contributed by atoms with Gasteiger partial charge in [0.25, 0.3) is 11.8 Å². The van der Waals surface area contributed by atoms with Crippen molar-refractivity contribution in [1.29, 1.82) is 0 Å².